The van der Waals surface area contributed by atoms with Crippen LogP contribution >= 0.6 is 11.6 Å². The third-order valence-corrected chi connectivity index (χ3v) is 4.54. The molecule has 0 unspecified atom stereocenters. The Labute approximate surface area is 152 Å². The molecule has 2 aromatic heterocycles. The fourth-order valence-electron chi connectivity index (χ4n) is 2.64. The maximum atomic E-state index is 12.1. The summed E-state index contributed by atoms with van der Waals surface area (Å²) < 4.78 is 10.5. The van der Waals surface area contributed by atoms with E-state index in [2.05, 4.69) is 9.97 Å². The standard InChI is InChI=1S/C18H22ClN3O3/c1-10(2)22(9-13-8-5-11(3)25-13)17-14(19)15(18(23)24-4)20-16(21-17)12-6-7-12/h5,8,10,12H,6-7,9H2,1-4H3. The number of anilines is 1. The Hall–Kier alpha value is -2.08. The van der Waals surface area contributed by atoms with E-state index in [1.54, 1.807) is 0 Å². The molecule has 2 heterocycles. The summed E-state index contributed by atoms with van der Waals surface area (Å²) in [6.07, 6.45) is 2.06. The summed E-state index contributed by atoms with van der Waals surface area (Å²) in [6, 6.07) is 3.96. The van der Waals surface area contributed by atoms with Crippen molar-refractivity contribution in [2.24, 2.45) is 0 Å². The van der Waals surface area contributed by atoms with Crippen molar-refractivity contribution in [1.29, 1.82) is 0 Å². The largest absolute Gasteiger partial charge is 0.464 e. The third kappa shape index (κ3) is 3.79. The molecule has 0 radical (unpaired) electrons. The van der Waals surface area contributed by atoms with Gasteiger partial charge in [-0.05, 0) is 45.7 Å². The van der Waals surface area contributed by atoms with Gasteiger partial charge < -0.3 is 14.1 Å². The van der Waals surface area contributed by atoms with E-state index in [-0.39, 0.29) is 16.8 Å². The number of carbonyl (C=O) groups excluding carboxylic acids is 1. The van der Waals surface area contributed by atoms with Crippen LogP contribution in [0.3, 0.4) is 0 Å². The Morgan fingerprint density at radius 3 is 2.64 bits per heavy atom. The van der Waals surface area contributed by atoms with Gasteiger partial charge in [0, 0.05) is 12.0 Å². The second-order valence-corrected chi connectivity index (χ2v) is 6.95. The van der Waals surface area contributed by atoms with Gasteiger partial charge in [0.25, 0.3) is 0 Å². The van der Waals surface area contributed by atoms with Gasteiger partial charge in [0.05, 0.1) is 13.7 Å². The quantitative estimate of drug-likeness (QED) is 0.719. The molecular weight excluding hydrogens is 342 g/mol. The molecule has 2 aromatic rings. The van der Waals surface area contributed by atoms with E-state index >= 15 is 0 Å². The number of aryl methyl sites for hydroxylation is 1. The van der Waals surface area contributed by atoms with Crippen LogP contribution in [-0.2, 0) is 11.3 Å². The SMILES string of the molecule is COC(=O)c1nc(C2CC2)nc(N(Cc2ccc(C)o2)C(C)C)c1Cl. The van der Waals surface area contributed by atoms with Crippen LogP contribution < -0.4 is 4.90 Å². The van der Waals surface area contributed by atoms with Crippen LogP contribution in [0.4, 0.5) is 5.82 Å². The molecule has 0 saturated heterocycles. The summed E-state index contributed by atoms with van der Waals surface area (Å²) >= 11 is 6.49. The molecule has 6 nitrogen and oxygen atoms in total. The van der Waals surface area contributed by atoms with Gasteiger partial charge in [-0.2, -0.15) is 0 Å². The van der Waals surface area contributed by atoms with Crippen molar-refractivity contribution in [3.8, 4) is 0 Å². The smallest absolute Gasteiger partial charge is 0.358 e. The monoisotopic (exact) mass is 363 g/mol. The highest BCUT2D eigenvalue weighted by Crippen LogP contribution is 2.40. The van der Waals surface area contributed by atoms with Crippen LogP contribution in [0.1, 0.15) is 60.4 Å². The van der Waals surface area contributed by atoms with Gasteiger partial charge in [0.1, 0.15) is 22.4 Å². The Morgan fingerprint density at radius 2 is 2.12 bits per heavy atom. The molecule has 0 amide bonds. The Kier molecular flexibility index (Phi) is 4.99. The van der Waals surface area contributed by atoms with Crippen LogP contribution in [0.25, 0.3) is 0 Å². The number of nitrogens with zero attached hydrogens (tertiary/aromatic N) is 3. The number of carbonyl (C=O) groups is 1. The van der Waals surface area contributed by atoms with Gasteiger partial charge in [-0.15, -0.1) is 0 Å². The molecule has 0 aromatic carbocycles. The molecule has 1 aliphatic carbocycles. The summed E-state index contributed by atoms with van der Waals surface area (Å²) in [7, 11) is 1.32. The molecule has 0 bridgehead atoms. The zero-order valence-electron chi connectivity index (χ0n) is 14.9. The number of furan rings is 1. The number of aromatic nitrogens is 2. The van der Waals surface area contributed by atoms with E-state index < -0.39 is 5.97 Å². The van der Waals surface area contributed by atoms with Crippen LogP contribution in [-0.4, -0.2) is 29.1 Å². The van der Waals surface area contributed by atoms with E-state index in [4.69, 9.17) is 20.8 Å². The first kappa shape index (κ1) is 17.7. The van der Waals surface area contributed by atoms with Crippen molar-refractivity contribution in [1.82, 2.24) is 9.97 Å². The van der Waals surface area contributed by atoms with E-state index in [0.29, 0.717) is 24.1 Å². The lowest BCUT2D eigenvalue weighted by Gasteiger charge is -2.28. The van der Waals surface area contributed by atoms with Gasteiger partial charge in [0.2, 0.25) is 0 Å². The topological polar surface area (TPSA) is 68.5 Å². The molecule has 25 heavy (non-hydrogen) atoms. The van der Waals surface area contributed by atoms with Gasteiger partial charge in [-0.25, -0.2) is 14.8 Å². The third-order valence-electron chi connectivity index (χ3n) is 4.19. The maximum Gasteiger partial charge on any atom is 0.358 e. The van der Waals surface area contributed by atoms with Crippen LogP contribution in [0.2, 0.25) is 5.02 Å². The zero-order valence-corrected chi connectivity index (χ0v) is 15.6. The normalized spacial score (nSPS) is 14.0. The molecule has 1 saturated carbocycles. The van der Waals surface area contributed by atoms with E-state index in [1.807, 2.05) is 37.8 Å². The van der Waals surface area contributed by atoms with Gasteiger partial charge in [0.15, 0.2) is 11.5 Å². The van der Waals surface area contributed by atoms with Crippen molar-refractivity contribution in [2.45, 2.75) is 52.1 Å². The molecule has 0 N–H and O–H groups in total. The summed E-state index contributed by atoms with van der Waals surface area (Å²) in [5, 5.41) is 0.216. The van der Waals surface area contributed by atoms with Crippen LogP contribution in [0, 0.1) is 6.92 Å². The highest BCUT2D eigenvalue weighted by molar-refractivity contribution is 6.35. The zero-order chi connectivity index (χ0) is 18.1. The minimum absolute atomic E-state index is 0.107. The van der Waals surface area contributed by atoms with Crippen molar-refractivity contribution >= 4 is 23.4 Å². The average molecular weight is 364 g/mol. The van der Waals surface area contributed by atoms with E-state index in [0.717, 1.165) is 24.4 Å². The molecule has 0 atom stereocenters. The molecule has 1 fully saturated rings. The minimum Gasteiger partial charge on any atom is -0.464 e. The van der Waals surface area contributed by atoms with E-state index in [9.17, 15) is 4.79 Å². The van der Waals surface area contributed by atoms with Crippen molar-refractivity contribution < 1.29 is 13.9 Å². The molecule has 0 aliphatic heterocycles. The van der Waals surface area contributed by atoms with Crippen LogP contribution in [0.5, 0.6) is 0 Å². The second-order valence-electron chi connectivity index (χ2n) is 6.57. The number of rotatable bonds is 6. The fourth-order valence-corrected chi connectivity index (χ4v) is 2.91. The maximum absolute atomic E-state index is 12.1. The van der Waals surface area contributed by atoms with Gasteiger partial charge in [-0.3, -0.25) is 0 Å². The lowest BCUT2D eigenvalue weighted by molar-refractivity contribution is 0.0593. The van der Waals surface area contributed by atoms with Crippen molar-refractivity contribution in [2.75, 3.05) is 12.0 Å². The molecule has 134 valence electrons. The first-order chi connectivity index (χ1) is 11.9. The van der Waals surface area contributed by atoms with Crippen molar-refractivity contribution in [3.05, 3.63) is 40.2 Å². The Bertz CT molecular complexity index is 784. The molecule has 3 rings (SSSR count). The van der Waals surface area contributed by atoms with Crippen molar-refractivity contribution in [3.63, 3.8) is 0 Å². The van der Waals surface area contributed by atoms with E-state index in [1.165, 1.54) is 7.11 Å². The lowest BCUT2D eigenvalue weighted by atomic mass is 10.2. The Balaban J connectivity index is 2.04. The van der Waals surface area contributed by atoms with Crippen LogP contribution in [0.15, 0.2) is 16.5 Å². The predicted molar refractivity (Wildman–Crippen MR) is 95.1 cm³/mol. The predicted octanol–water partition coefficient (Wildman–Crippen LogP) is 4.11. The summed E-state index contributed by atoms with van der Waals surface area (Å²) in [5.74, 6) is 2.60. The molecule has 0 spiro atoms. The highest BCUT2D eigenvalue weighted by atomic mass is 35.5. The second kappa shape index (κ2) is 7.04. The first-order valence-corrected chi connectivity index (χ1v) is 8.76. The Morgan fingerprint density at radius 1 is 1.40 bits per heavy atom. The average Bonchev–Trinajstić information content (AvgIpc) is 3.35. The first-order valence-electron chi connectivity index (χ1n) is 8.38. The summed E-state index contributed by atoms with van der Waals surface area (Å²) in [5.41, 5.74) is 0.123. The number of hydrogen-bond donors (Lipinski definition) is 0. The molecule has 1 aliphatic rings. The number of ether oxygens (including phenoxy) is 1. The lowest BCUT2D eigenvalue weighted by Crippen LogP contribution is -2.32. The summed E-state index contributed by atoms with van der Waals surface area (Å²) in [4.78, 5) is 23.1. The van der Waals surface area contributed by atoms with Gasteiger partial charge >= 0.3 is 5.97 Å². The number of halogens is 1. The number of esters is 1. The summed E-state index contributed by atoms with van der Waals surface area (Å²) in [6.45, 7) is 6.50. The minimum atomic E-state index is -0.548. The molecule has 7 heteroatoms. The molecular formula is C18H22ClN3O3. The van der Waals surface area contributed by atoms with Gasteiger partial charge in [-0.1, -0.05) is 11.6 Å². The fraction of sp³-hybridized carbons (Fsp3) is 0.500. The number of methoxy groups -OCH3 is 1. The number of hydrogen-bond acceptors (Lipinski definition) is 6. The highest BCUT2D eigenvalue weighted by Gasteiger charge is 2.32.